The molecule has 47 heteroatoms. The number of carbonyl (C=O) groups excluding carboxylic acids is 4. The van der Waals surface area contributed by atoms with Gasteiger partial charge in [0, 0.05) is 63.0 Å². The molecule has 8 aromatic heterocycles. The second-order valence-corrected chi connectivity index (χ2v) is 45.5. The minimum atomic E-state index is -2.56. The lowest BCUT2D eigenvalue weighted by molar-refractivity contribution is -0.0285. The van der Waals surface area contributed by atoms with Crippen molar-refractivity contribution in [1.82, 2.24) is 99.3 Å². The summed E-state index contributed by atoms with van der Waals surface area (Å²) in [7, 11) is -5.10. The van der Waals surface area contributed by atoms with Gasteiger partial charge in [0.2, 0.25) is 0 Å². The first kappa shape index (κ1) is 101. The van der Waals surface area contributed by atoms with Crippen molar-refractivity contribution in [3.8, 4) is 0 Å². The van der Waals surface area contributed by atoms with Gasteiger partial charge in [-0.2, -0.15) is 0 Å². The Morgan fingerprint density at radius 3 is 1.04 bits per heavy atom. The normalized spacial score (nSPS) is 22.5. The topological polar surface area (TPSA) is 530 Å². The molecule has 4 aliphatic rings. The molecule has 16 rings (SSSR count). The van der Waals surface area contributed by atoms with Crippen LogP contribution in [-0.4, -0.2) is 221 Å². The highest BCUT2D eigenvalue weighted by molar-refractivity contribution is 7.80. The SMILES string of the molecule is C.C.C.C[C@@H]1[C@H](N)[C@@H](CNC(=S)N[C@H]2C(O[Si](C)(C)C(C)(C)C)[C@H](n3cnc4c(NC(=O)c5ccccc5)ncnc43)O[C@@H]2CN=[N+]=[N-])O[C@H]1n1cnc2c(NC(=O)c3ccccc3)ncnc21.C[C@@H]1[C@H](N=C=S)[C@@H](CNC(=S)N[C@H]2C(O[Si](C)(C)C(C)(C)C)[C@H](n3cnc4c(NC(=O)c5ccccc5)ncnc43)O[C@@H]2CN=[N+]=[N-])O[C@H]1n1cnc2c(NC(=O)c3ccccc3)ncnc21. The van der Waals surface area contributed by atoms with Gasteiger partial charge in [-0.25, -0.2) is 64.8 Å². The van der Waals surface area contributed by atoms with E-state index in [0.717, 1.165) is 0 Å². The number of anilines is 4. The molecule has 4 fully saturated rings. The molecule has 4 aromatic carbocycles. The number of amides is 4. The molecule has 16 atom stereocenters. The summed E-state index contributed by atoms with van der Waals surface area (Å²) in [6, 6.07) is 33.1. The lowest BCUT2D eigenvalue weighted by Crippen LogP contribution is -2.56. The molecule has 708 valence electrons. The molecule has 0 saturated carbocycles. The maximum absolute atomic E-state index is 13.2. The number of azide groups is 2. The van der Waals surface area contributed by atoms with Crippen LogP contribution in [0.3, 0.4) is 0 Å². The number of aromatic nitrogens is 16. The average Bonchev–Trinajstić information content (AvgIpc) is 1.60. The van der Waals surface area contributed by atoms with Crippen molar-refractivity contribution >= 4 is 160 Å². The van der Waals surface area contributed by atoms with E-state index in [9.17, 15) is 30.2 Å². The van der Waals surface area contributed by atoms with Gasteiger partial charge in [-0.1, -0.05) is 161 Å². The van der Waals surface area contributed by atoms with Gasteiger partial charge in [-0.15, -0.1) is 0 Å². The van der Waals surface area contributed by atoms with E-state index in [1.165, 1.54) is 25.3 Å². The average molecular weight is 1930 g/mol. The van der Waals surface area contributed by atoms with Crippen LogP contribution >= 0.6 is 36.7 Å². The van der Waals surface area contributed by atoms with E-state index >= 15 is 0 Å². The summed E-state index contributed by atoms with van der Waals surface area (Å²) in [6.45, 7) is 25.7. The number of hydrogen-bond acceptors (Lipinski definition) is 29. The van der Waals surface area contributed by atoms with E-state index in [1.807, 2.05) is 38.1 Å². The van der Waals surface area contributed by atoms with Gasteiger partial charge in [-0.3, -0.25) is 37.4 Å². The van der Waals surface area contributed by atoms with Crippen molar-refractivity contribution in [2.45, 2.75) is 200 Å². The van der Waals surface area contributed by atoms with Crippen LogP contribution in [0, 0.1) is 11.8 Å². The number of fused-ring (bicyclic) bond motifs is 4. The van der Waals surface area contributed by atoms with E-state index in [2.05, 4.69) is 200 Å². The number of nitrogens with one attached hydrogen (secondary N) is 8. The molecule has 4 amide bonds. The van der Waals surface area contributed by atoms with E-state index in [-0.39, 0.29) is 127 Å². The smallest absolute Gasteiger partial charge is 0.256 e. The van der Waals surface area contributed by atoms with Crippen molar-refractivity contribution in [3.05, 3.63) is 215 Å². The molecule has 0 spiro atoms. The minimum Gasteiger partial charge on any atom is -0.407 e. The Labute approximate surface area is 796 Å². The van der Waals surface area contributed by atoms with Crippen LogP contribution in [0.5, 0.6) is 0 Å². The Bertz CT molecular complexity index is 6390. The fraction of sp³-hybridized carbons (Fsp3) is 0.420. The second kappa shape index (κ2) is 43.1. The first-order valence-corrected chi connectivity index (χ1v) is 49.4. The highest BCUT2D eigenvalue weighted by Crippen LogP contribution is 2.47. The number of nitrogens with zero attached hydrogens (tertiary/aromatic N) is 23. The maximum Gasteiger partial charge on any atom is 0.256 e. The summed E-state index contributed by atoms with van der Waals surface area (Å²) in [6.07, 6.45) is 5.05. The Balaban J connectivity index is 0.000000238. The molecular weight excluding hydrogens is 1820 g/mol. The van der Waals surface area contributed by atoms with E-state index < -0.39 is 102 Å². The van der Waals surface area contributed by atoms with E-state index in [4.69, 9.17) is 70.2 Å². The number of thiocarbonyl (C=S) groups is 3. The number of isothiocyanates is 1. The summed E-state index contributed by atoms with van der Waals surface area (Å²) >= 11 is 17.0. The molecule has 4 saturated heterocycles. The Kier molecular flexibility index (Phi) is 32.2. The summed E-state index contributed by atoms with van der Waals surface area (Å²) < 4.78 is 48.1. The zero-order valence-corrected chi connectivity index (χ0v) is 78.4. The number of ether oxygens (including phenoxy) is 4. The second-order valence-electron chi connectivity index (χ2n) is 35.0. The predicted molar refractivity (Wildman–Crippen MR) is 527 cm³/mol. The predicted octanol–water partition coefficient (Wildman–Crippen LogP) is 14.0. The maximum atomic E-state index is 13.2. The third-order valence-corrected chi connectivity index (χ3v) is 34.2. The molecule has 0 radical (unpaired) electrons. The van der Waals surface area contributed by atoms with Gasteiger partial charge >= 0.3 is 0 Å². The van der Waals surface area contributed by atoms with E-state index in [1.54, 1.807) is 141 Å². The van der Waals surface area contributed by atoms with Gasteiger partial charge in [0.15, 0.2) is 107 Å². The molecule has 2 unspecified atom stereocenters. The molecule has 4 aliphatic heterocycles. The van der Waals surface area contributed by atoms with Crippen LogP contribution < -0.4 is 48.3 Å². The third-order valence-electron chi connectivity index (χ3n) is 24.6. The summed E-state index contributed by atoms with van der Waals surface area (Å²) in [5.74, 6) is -0.817. The molecule has 12 heterocycles. The number of hydrogen-bond donors (Lipinski definition) is 9. The molecule has 135 heavy (non-hydrogen) atoms. The number of carbonyl (C=O) groups is 4. The zero-order chi connectivity index (χ0) is 93.5. The summed E-state index contributed by atoms with van der Waals surface area (Å²) in [5.41, 5.74) is 30.7. The lowest BCUT2D eigenvalue weighted by atomic mass is 9.99. The molecule has 12 aromatic rings. The van der Waals surface area contributed by atoms with Crippen molar-refractivity contribution in [2.75, 3.05) is 47.4 Å². The first-order chi connectivity index (χ1) is 63.3. The van der Waals surface area contributed by atoms with Gasteiger partial charge in [0.25, 0.3) is 23.6 Å². The van der Waals surface area contributed by atoms with Gasteiger partial charge in [-0.05, 0) is 133 Å². The monoisotopic (exact) mass is 1930 g/mol. The highest BCUT2D eigenvalue weighted by Gasteiger charge is 2.55. The minimum absolute atomic E-state index is 0. The molecule has 0 aliphatic carbocycles. The van der Waals surface area contributed by atoms with Crippen LogP contribution in [0.25, 0.3) is 65.5 Å². The van der Waals surface area contributed by atoms with Gasteiger partial charge < -0.3 is 76.1 Å². The van der Waals surface area contributed by atoms with Crippen LogP contribution in [0.15, 0.2) is 187 Å². The fourth-order valence-electron chi connectivity index (χ4n) is 15.6. The first-order valence-electron chi connectivity index (χ1n) is 42.4. The van der Waals surface area contributed by atoms with Crippen LogP contribution in [0.2, 0.25) is 36.3 Å². The molecule has 0 bridgehead atoms. The molecule has 10 N–H and O–H groups in total. The quantitative estimate of drug-likeness (QED) is 0.00576. The number of benzene rings is 4. The standard InChI is InChI=1S/C43H48N16O5S2Si.C42H50N16O5SSi.3CH4/c1-24-29(52-23-65)27(62-40(24)58-21-50-31-34(46-19-48-36(31)58)55-38(60)25-13-9-7-10-14-25)17-45-42(66)54-30-28(18-53-57-44)63-41(33(30)64-67(5,6)43(2,3)4)59-22-51-32-35(47-20-49-37(32)59)56-39(61)26-15-11-8-12-16-26;1-23-28(43)26(61-39(23)57-21-50-30-33(46-19-48-35(30)57)54-37(59)24-13-9-7-10-14-24)17-45-41(64)53-29-27(18-52-56-44)62-40(32(29)63-65(5,6)42(2,3)4)58-22-51-31-34(47-20-49-36(31)58)55-38(60)25-15-11-8-12-16-25;;;/h7-16,19-22,24,27-30,33,40-41H,17-18H2,1-6H3,(H2,45,54,66)(H,46,48,55,60)(H,47,49,56,61);7-16,19-23,26-29,32,39-40H,17-18,43H2,1-6H3,(H2,45,53,64)(H,46,48,54,59)(H,47,49,55,60);3*1H4/t24-,27-,28-,29+,30-,33?,40-,41-;23-,26-,27-,28+,29-,32?,39-,40-;;;/m11.../s1. The van der Waals surface area contributed by atoms with Crippen molar-refractivity contribution in [2.24, 2.45) is 32.8 Å². The van der Waals surface area contributed by atoms with Crippen molar-refractivity contribution < 1.29 is 47.0 Å². The fourth-order valence-corrected chi connectivity index (χ4v) is 18.7. The Morgan fingerprint density at radius 2 is 0.741 bits per heavy atom. The van der Waals surface area contributed by atoms with Crippen LogP contribution in [-0.2, 0) is 27.8 Å². The summed E-state index contributed by atoms with van der Waals surface area (Å²) in [5, 5.41) is 35.3. The highest BCUT2D eigenvalue weighted by atomic mass is 32.1. The Hall–Kier alpha value is -13.1. The third kappa shape index (κ3) is 21.8. The Morgan fingerprint density at radius 1 is 0.452 bits per heavy atom. The van der Waals surface area contributed by atoms with Gasteiger partial charge in [0.05, 0.1) is 80.0 Å². The largest absolute Gasteiger partial charge is 0.407 e. The van der Waals surface area contributed by atoms with E-state index in [0.29, 0.717) is 66.9 Å². The number of aliphatic imine (C=N–C) groups is 1. The number of nitrogens with two attached hydrogens (primary N) is 1. The van der Waals surface area contributed by atoms with Gasteiger partial charge in [0.1, 0.15) is 56.1 Å². The van der Waals surface area contributed by atoms with Crippen molar-refractivity contribution in [1.29, 1.82) is 0 Å². The molecule has 42 nitrogen and oxygen atoms in total. The molecular formula is C88H110N32O10S3Si2. The zero-order valence-electron chi connectivity index (χ0n) is 73.9. The summed E-state index contributed by atoms with van der Waals surface area (Å²) in [4.78, 5) is 117. The van der Waals surface area contributed by atoms with Crippen molar-refractivity contribution in [3.63, 3.8) is 0 Å². The lowest BCUT2D eigenvalue weighted by Gasteiger charge is -2.41. The van der Waals surface area contributed by atoms with Crippen LogP contribution in [0.4, 0.5) is 23.3 Å². The van der Waals surface area contributed by atoms with Crippen LogP contribution in [0.1, 0.15) is 144 Å². The number of imidazole rings is 4. The number of rotatable bonds is 27.